The Morgan fingerprint density at radius 1 is 1.33 bits per heavy atom. The number of guanidine groups is 1. The van der Waals surface area contributed by atoms with Crippen LogP contribution in [-0.4, -0.2) is 19.0 Å². The number of hydrogen-bond acceptors (Lipinski definition) is 1. The summed E-state index contributed by atoms with van der Waals surface area (Å²) in [5, 5.41) is 3.26. The smallest absolute Gasteiger partial charge is 0.188 e. The molecule has 0 aromatic rings. The first-order chi connectivity index (χ1) is 7.89. The highest BCUT2D eigenvalue weighted by atomic mass is 127. The summed E-state index contributed by atoms with van der Waals surface area (Å²) in [6, 6.07) is 0. The predicted octanol–water partition coefficient (Wildman–Crippen LogP) is 3.38. The summed E-state index contributed by atoms with van der Waals surface area (Å²) in [6.45, 7) is 10.9. The number of halogens is 1. The van der Waals surface area contributed by atoms with Crippen molar-refractivity contribution in [1.29, 1.82) is 0 Å². The summed E-state index contributed by atoms with van der Waals surface area (Å²) in [6.07, 6.45) is 5.31. The topological polar surface area (TPSA) is 50.4 Å². The average molecular weight is 367 g/mol. The van der Waals surface area contributed by atoms with E-state index in [-0.39, 0.29) is 24.0 Å². The highest BCUT2D eigenvalue weighted by molar-refractivity contribution is 14.0. The van der Waals surface area contributed by atoms with Crippen LogP contribution in [0.3, 0.4) is 0 Å². The van der Waals surface area contributed by atoms with Gasteiger partial charge in [-0.25, -0.2) is 0 Å². The van der Waals surface area contributed by atoms with E-state index in [2.05, 4.69) is 38.0 Å². The van der Waals surface area contributed by atoms with E-state index in [0.717, 1.165) is 19.0 Å². The van der Waals surface area contributed by atoms with Crippen LogP contribution in [0.1, 0.15) is 53.4 Å². The summed E-state index contributed by atoms with van der Waals surface area (Å²) in [5.41, 5.74) is 6.38. The Morgan fingerprint density at radius 2 is 1.89 bits per heavy atom. The van der Waals surface area contributed by atoms with Crippen molar-refractivity contribution in [3.05, 3.63) is 0 Å². The van der Waals surface area contributed by atoms with Gasteiger partial charge in [0.1, 0.15) is 0 Å². The maximum absolute atomic E-state index is 5.83. The van der Waals surface area contributed by atoms with Gasteiger partial charge in [-0.15, -0.1) is 24.0 Å². The van der Waals surface area contributed by atoms with Gasteiger partial charge in [-0.05, 0) is 42.9 Å². The van der Waals surface area contributed by atoms with E-state index in [1.807, 2.05) is 0 Å². The van der Waals surface area contributed by atoms with Crippen LogP contribution in [0.2, 0.25) is 0 Å². The molecule has 0 aromatic carbocycles. The lowest BCUT2D eigenvalue weighted by Gasteiger charge is -2.34. The molecular formula is C14H30IN3. The van der Waals surface area contributed by atoms with Crippen LogP contribution in [0.4, 0.5) is 0 Å². The van der Waals surface area contributed by atoms with Crippen molar-refractivity contribution in [2.75, 3.05) is 13.1 Å². The first kappa shape index (κ1) is 18.0. The molecule has 108 valence electrons. The molecule has 1 fully saturated rings. The molecule has 4 heteroatoms. The lowest BCUT2D eigenvalue weighted by atomic mass is 9.73. The van der Waals surface area contributed by atoms with Gasteiger partial charge in [0, 0.05) is 13.1 Å². The third-order valence-electron chi connectivity index (χ3n) is 3.66. The van der Waals surface area contributed by atoms with E-state index < -0.39 is 0 Å². The maximum atomic E-state index is 5.83. The SMILES string of the molecule is CC(C)CN=C(N)NCC1CCC(C)(C)CC1.I. The van der Waals surface area contributed by atoms with Crippen molar-refractivity contribution in [2.24, 2.45) is 28.0 Å². The van der Waals surface area contributed by atoms with E-state index in [1.165, 1.54) is 25.7 Å². The van der Waals surface area contributed by atoms with Crippen LogP contribution in [0, 0.1) is 17.3 Å². The molecule has 0 unspecified atom stereocenters. The molecule has 1 rings (SSSR count). The number of hydrogen-bond donors (Lipinski definition) is 2. The Balaban J connectivity index is 0.00000289. The number of nitrogens with two attached hydrogens (primary N) is 1. The molecule has 0 aromatic heterocycles. The molecule has 1 aliphatic rings. The van der Waals surface area contributed by atoms with Gasteiger partial charge >= 0.3 is 0 Å². The minimum atomic E-state index is 0. The van der Waals surface area contributed by atoms with E-state index in [0.29, 0.717) is 17.3 Å². The molecule has 3 N–H and O–H groups in total. The van der Waals surface area contributed by atoms with E-state index in [9.17, 15) is 0 Å². The van der Waals surface area contributed by atoms with Gasteiger partial charge < -0.3 is 11.1 Å². The van der Waals surface area contributed by atoms with Crippen molar-refractivity contribution in [2.45, 2.75) is 53.4 Å². The number of nitrogens with one attached hydrogen (secondary N) is 1. The Morgan fingerprint density at radius 3 is 2.39 bits per heavy atom. The Hall–Kier alpha value is 0. The fourth-order valence-electron chi connectivity index (χ4n) is 2.25. The van der Waals surface area contributed by atoms with Crippen LogP contribution in [0.5, 0.6) is 0 Å². The van der Waals surface area contributed by atoms with Gasteiger partial charge in [0.25, 0.3) is 0 Å². The van der Waals surface area contributed by atoms with E-state index in [4.69, 9.17) is 5.73 Å². The number of aliphatic imine (C=N–C) groups is 1. The molecule has 3 nitrogen and oxygen atoms in total. The van der Waals surface area contributed by atoms with Crippen LogP contribution in [0.25, 0.3) is 0 Å². The summed E-state index contributed by atoms with van der Waals surface area (Å²) in [7, 11) is 0. The van der Waals surface area contributed by atoms with E-state index >= 15 is 0 Å². The largest absolute Gasteiger partial charge is 0.370 e. The Bertz CT molecular complexity index is 252. The zero-order chi connectivity index (χ0) is 12.9. The molecule has 0 aliphatic heterocycles. The third-order valence-corrected chi connectivity index (χ3v) is 3.66. The molecule has 0 spiro atoms. The standard InChI is InChI=1S/C14H29N3.HI/c1-11(2)9-16-13(15)17-10-12-5-7-14(3,4)8-6-12;/h11-12H,5-10H2,1-4H3,(H3,15,16,17);1H. The Kier molecular flexibility index (Phi) is 8.23. The molecule has 0 heterocycles. The minimum absolute atomic E-state index is 0. The van der Waals surface area contributed by atoms with Crippen molar-refractivity contribution in [1.82, 2.24) is 5.32 Å². The van der Waals surface area contributed by atoms with Gasteiger partial charge in [0.05, 0.1) is 0 Å². The molecule has 1 saturated carbocycles. The van der Waals surface area contributed by atoms with Crippen LogP contribution in [-0.2, 0) is 0 Å². The molecule has 0 radical (unpaired) electrons. The normalized spacial score (nSPS) is 20.6. The molecule has 0 saturated heterocycles. The number of nitrogens with zero attached hydrogens (tertiary/aromatic N) is 1. The molecular weight excluding hydrogens is 337 g/mol. The van der Waals surface area contributed by atoms with Crippen molar-refractivity contribution in [3.8, 4) is 0 Å². The lowest BCUT2D eigenvalue weighted by Crippen LogP contribution is -2.37. The average Bonchev–Trinajstić information content (AvgIpc) is 2.25. The molecule has 0 atom stereocenters. The van der Waals surface area contributed by atoms with Gasteiger partial charge in [-0.3, -0.25) is 4.99 Å². The monoisotopic (exact) mass is 367 g/mol. The zero-order valence-corrected chi connectivity index (χ0v) is 14.7. The molecule has 0 amide bonds. The predicted molar refractivity (Wildman–Crippen MR) is 90.5 cm³/mol. The van der Waals surface area contributed by atoms with Crippen LogP contribution in [0.15, 0.2) is 4.99 Å². The van der Waals surface area contributed by atoms with Crippen molar-refractivity contribution in [3.63, 3.8) is 0 Å². The molecule has 0 bridgehead atoms. The fourth-order valence-corrected chi connectivity index (χ4v) is 2.25. The second-order valence-corrected chi connectivity index (χ2v) is 6.61. The quantitative estimate of drug-likeness (QED) is 0.455. The van der Waals surface area contributed by atoms with Gasteiger partial charge in [-0.2, -0.15) is 0 Å². The maximum Gasteiger partial charge on any atom is 0.188 e. The fraction of sp³-hybridized carbons (Fsp3) is 0.929. The highest BCUT2D eigenvalue weighted by Crippen LogP contribution is 2.37. The van der Waals surface area contributed by atoms with Gasteiger partial charge in [0.2, 0.25) is 0 Å². The summed E-state index contributed by atoms with van der Waals surface area (Å²) < 4.78 is 0. The van der Waals surface area contributed by atoms with Crippen molar-refractivity contribution >= 4 is 29.9 Å². The number of rotatable bonds is 4. The highest BCUT2D eigenvalue weighted by Gasteiger charge is 2.26. The summed E-state index contributed by atoms with van der Waals surface area (Å²) in [4.78, 5) is 4.32. The Labute approximate surface area is 129 Å². The first-order valence-corrected chi connectivity index (χ1v) is 6.93. The molecule has 1 aliphatic carbocycles. The summed E-state index contributed by atoms with van der Waals surface area (Å²) in [5.74, 6) is 1.96. The van der Waals surface area contributed by atoms with Crippen LogP contribution >= 0.6 is 24.0 Å². The third kappa shape index (κ3) is 7.44. The second kappa shape index (κ2) is 8.23. The van der Waals surface area contributed by atoms with Crippen molar-refractivity contribution < 1.29 is 0 Å². The minimum Gasteiger partial charge on any atom is -0.370 e. The lowest BCUT2D eigenvalue weighted by molar-refractivity contribution is 0.192. The molecule has 18 heavy (non-hydrogen) atoms. The van der Waals surface area contributed by atoms with Crippen LogP contribution < -0.4 is 11.1 Å². The van der Waals surface area contributed by atoms with E-state index in [1.54, 1.807) is 0 Å². The second-order valence-electron chi connectivity index (χ2n) is 6.61. The first-order valence-electron chi connectivity index (χ1n) is 6.93. The zero-order valence-electron chi connectivity index (χ0n) is 12.3. The van der Waals surface area contributed by atoms with Gasteiger partial charge in [0.15, 0.2) is 5.96 Å². The summed E-state index contributed by atoms with van der Waals surface area (Å²) >= 11 is 0. The van der Waals surface area contributed by atoms with Gasteiger partial charge in [-0.1, -0.05) is 27.7 Å².